The molecule has 0 aliphatic heterocycles. The van der Waals surface area contributed by atoms with Gasteiger partial charge in [-0.2, -0.15) is 8.42 Å². The van der Waals surface area contributed by atoms with E-state index in [1.54, 1.807) is 0 Å². The molecule has 0 radical (unpaired) electrons. The van der Waals surface area contributed by atoms with Crippen LogP contribution in [0.5, 0.6) is 0 Å². The van der Waals surface area contributed by atoms with Gasteiger partial charge in [0.15, 0.2) is 0 Å². The summed E-state index contributed by atoms with van der Waals surface area (Å²) in [5.41, 5.74) is 0.411. The van der Waals surface area contributed by atoms with Crippen LogP contribution in [0.15, 0.2) is 0 Å². The zero-order valence-corrected chi connectivity index (χ0v) is 21.9. The Morgan fingerprint density at radius 3 is 2.41 bits per heavy atom. The van der Waals surface area contributed by atoms with E-state index in [1.165, 1.54) is 6.42 Å². The molecule has 0 aromatic rings. The van der Waals surface area contributed by atoms with E-state index in [1.807, 2.05) is 0 Å². The Kier molecular flexibility index (Phi) is 7.47. The van der Waals surface area contributed by atoms with Crippen LogP contribution in [-0.4, -0.2) is 53.6 Å². The minimum Gasteiger partial charge on any atom is -0.393 e. The van der Waals surface area contributed by atoms with Crippen molar-refractivity contribution in [3.8, 4) is 0 Å². The smallest absolute Gasteiger partial charge is 0.266 e. The van der Waals surface area contributed by atoms with Crippen LogP contribution >= 0.6 is 0 Å². The van der Waals surface area contributed by atoms with Gasteiger partial charge in [0.05, 0.1) is 18.0 Å². The molecule has 4 fully saturated rings. The van der Waals surface area contributed by atoms with Gasteiger partial charge in [-0.1, -0.05) is 20.8 Å². The van der Waals surface area contributed by atoms with Gasteiger partial charge in [0.2, 0.25) is 5.91 Å². The molecular formula is C26H45NO6S. The summed E-state index contributed by atoms with van der Waals surface area (Å²) >= 11 is 0. The summed E-state index contributed by atoms with van der Waals surface area (Å²) in [6, 6.07) is 0. The highest BCUT2D eigenvalue weighted by Crippen LogP contribution is 2.68. The number of carbonyl (C=O) groups is 1. The maximum absolute atomic E-state index is 12.2. The molecule has 10 atom stereocenters. The highest BCUT2D eigenvalue weighted by Gasteiger charge is 2.62. The summed E-state index contributed by atoms with van der Waals surface area (Å²) in [6.07, 6.45) is 8.87. The van der Waals surface area contributed by atoms with Crippen molar-refractivity contribution in [3.63, 3.8) is 0 Å². The first-order chi connectivity index (χ1) is 15.8. The molecule has 0 aromatic carbocycles. The van der Waals surface area contributed by atoms with Crippen molar-refractivity contribution in [1.29, 1.82) is 0 Å². The van der Waals surface area contributed by atoms with Crippen molar-refractivity contribution in [1.82, 2.24) is 5.32 Å². The number of amides is 1. The minimum absolute atomic E-state index is 0.0625. The number of fused-ring (bicyclic) bond motifs is 5. The van der Waals surface area contributed by atoms with Gasteiger partial charge in [-0.25, -0.2) is 0 Å². The highest BCUT2D eigenvalue weighted by atomic mass is 32.2. The molecule has 4 aliphatic carbocycles. The number of carbonyl (C=O) groups excluding carboxylic acids is 1. The fourth-order valence-corrected chi connectivity index (χ4v) is 9.50. The van der Waals surface area contributed by atoms with E-state index in [2.05, 4.69) is 26.1 Å². The topological polar surface area (TPSA) is 124 Å². The second-order valence-corrected chi connectivity index (χ2v) is 14.2. The average Bonchev–Trinajstić information content (AvgIpc) is 3.09. The Bertz CT molecular complexity index is 863. The molecule has 5 unspecified atom stereocenters. The van der Waals surface area contributed by atoms with E-state index < -0.39 is 15.9 Å². The summed E-state index contributed by atoms with van der Waals surface area (Å²) in [5.74, 6) is 2.10. The van der Waals surface area contributed by atoms with Gasteiger partial charge in [-0.05, 0) is 104 Å². The lowest BCUT2D eigenvalue weighted by Gasteiger charge is -2.62. The number of aliphatic hydroxyl groups excluding tert-OH is 2. The van der Waals surface area contributed by atoms with E-state index in [0.717, 1.165) is 51.4 Å². The lowest BCUT2D eigenvalue weighted by atomic mass is 9.43. The lowest BCUT2D eigenvalue weighted by Crippen LogP contribution is -2.58. The van der Waals surface area contributed by atoms with Crippen molar-refractivity contribution < 1.29 is 28.0 Å². The van der Waals surface area contributed by atoms with Crippen molar-refractivity contribution in [2.45, 2.75) is 97.2 Å². The molecule has 196 valence electrons. The summed E-state index contributed by atoms with van der Waals surface area (Å²) < 4.78 is 30.5. The molecular weight excluding hydrogens is 454 g/mol. The van der Waals surface area contributed by atoms with Gasteiger partial charge >= 0.3 is 0 Å². The summed E-state index contributed by atoms with van der Waals surface area (Å²) in [4.78, 5) is 12.2. The molecule has 0 heterocycles. The van der Waals surface area contributed by atoms with E-state index in [9.17, 15) is 23.4 Å². The summed E-state index contributed by atoms with van der Waals surface area (Å²) in [5, 5.41) is 24.2. The molecule has 0 aromatic heterocycles. The first-order valence-corrected chi connectivity index (χ1v) is 15.0. The largest absolute Gasteiger partial charge is 0.393 e. The number of hydrogen-bond acceptors (Lipinski definition) is 5. The van der Waals surface area contributed by atoms with Gasteiger partial charge in [0.25, 0.3) is 10.1 Å². The molecule has 7 nitrogen and oxygen atoms in total. The van der Waals surface area contributed by atoms with Crippen molar-refractivity contribution in [2.24, 2.45) is 46.3 Å². The molecule has 0 spiro atoms. The fraction of sp³-hybridized carbons (Fsp3) is 0.962. The third-order valence-corrected chi connectivity index (χ3v) is 11.6. The second kappa shape index (κ2) is 9.64. The van der Waals surface area contributed by atoms with Crippen LogP contribution in [-0.2, 0) is 14.9 Å². The molecule has 1 amide bonds. The molecule has 0 saturated heterocycles. The first-order valence-electron chi connectivity index (χ1n) is 13.4. The zero-order chi connectivity index (χ0) is 24.9. The molecule has 4 rings (SSSR count). The van der Waals surface area contributed by atoms with Crippen LogP contribution in [0.25, 0.3) is 0 Å². The van der Waals surface area contributed by atoms with Crippen LogP contribution in [0.3, 0.4) is 0 Å². The molecule has 0 bridgehead atoms. The number of rotatable bonds is 7. The van der Waals surface area contributed by atoms with Crippen LogP contribution < -0.4 is 5.32 Å². The van der Waals surface area contributed by atoms with Crippen LogP contribution in [0.4, 0.5) is 0 Å². The summed E-state index contributed by atoms with van der Waals surface area (Å²) in [6.45, 7) is 7.05. The molecule has 4 aliphatic rings. The SMILES string of the molecule is C[C@H](CCC(=O)NCCS(=O)(=O)O)C1CCC2C3C(O)C[C@H]4C[C@H](O)CC[C@]4(C)C3CC[C@@]21C. The van der Waals surface area contributed by atoms with Crippen LogP contribution in [0.1, 0.15) is 85.0 Å². The molecule has 4 saturated carbocycles. The molecule has 34 heavy (non-hydrogen) atoms. The van der Waals surface area contributed by atoms with Crippen molar-refractivity contribution in [3.05, 3.63) is 0 Å². The lowest BCUT2D eigenvalue weighted by molar-refractivity contribution is -0.174. The third-order valence-electron chi connectivity index (χ3n) is 10.9. The van der Waals surface area contributed by atoms with Gasteiger partial charge in [0, 0.05) is 13.0 Å². The van der Waals surface area contributed by atoms with Gasteiger partial charge in [-0.15, -0.1) is 0 Å². The number of nitrogens with one attached hydrogen (secondary N) is 1. The van der Waals surface area contributed by atoms with Crippen LogP contribution in [0, 0.1) is 46.3 Å². The van der Waals surface area contributed by atoms with Gasteiger partial charge in [0.1, 0.15) is 0 Å². The Balaban J connectivity index is 1.39. The Labute approximate surface area is 205 Å². The molecule has 8 heteroatoms. The highest BCUT2D eigenvalue weighted by molar-refractivity contribution is 7.85. The fourth-order valence-electron chi connectivity index (χ4n) is 9.14. The van der Waals surface area contributed by atoms with Crippen LogP contribution in [0.2, 0.25) is 0 Å². The average molecular weight is 500 g/mol. The maximum atomic E-state index is 12.2. The summed E-state index contributed by atoms with van der Waals surface area (Å²) in [7, 11) is -4.06. The monoisotopic (exact) mass is 499 g/mol. The number of aliphatic hydroxyl groups is 2. The standard InChI is InChI=1S/C26H45NO6S/c1-16(4-7-23(30)27-12-13-34(31,32)33)19-5-6-20-24-21(9-11-26(19,20)3)25(2)10-8-18(28)14-17(25)15-22(24)29/h16-22,24,28-29H,4-15H2,1-3H3,(H,27,30)(H,31,32,33)/t16-,17-,18-,19?,20?,21?,22?,24?,25+,26-/m1/s1. The maximum Gasteiger partial charge on any atom is 0.266 e. The predicted molar refractivity (Wildman–Crippen MR) is 130 cm³/mol. The van der Waals surface area contributed by atoms with Crippen molar-refractivity contribution >= 4 is 16.0 Å². The van der Waals surface area contributed by atoms with E-state index >= 15 is 0 Å². The second-order valence-electron chi connectivity index (χ2n) is 12.6. The Morgan fingerprint density at radius 1 is 1.03 bits per heavy atom. The van der Waals surface area contributed by atoms with Gasteiger partial charge in [-0.3, -0.25) is 9.35 Å². The van der Waals surface area contributed by atoms with E-state index in [4.69, 9.17) is 4.55 Å². The minimum atomic E-state index is -4.06. The third kappa shape index (κ3) is 4.94. The Hall–Kier alpha value is -0.700. The quantitative estimate of drug-likeness (QED) is 0.398. The first kappa shape index (κ1) is 26.4. The zero-order valence-electron chi connectivity index (χ0n) is 21.1. The van der Waals surface area contributed by atoms with E-state index in [0.29, 0.717) is 41.9 Å². The van der Waals surface area contributed by atoms with E-state index in [-0.39, 0.29) is 35.5 Å². The van der Waals surface area contributed by atoms with Crippen molar-refractivity contribution in [2.75, 3.05) is 12.3 Å². The Morgan fingerprint density at radius 2 is 1.71 bits per heavy atom. The molecule has 4 N–H and O–H groups in total. The predicted octanol–water partition coefficient (Wildman–Crippen LogP) is 3.40. The normalized spacial score (nSPS) is 45.1. The van der Waals surface area contributed by atoms with Gasteiger partial charge < -0.3 is 15.5 Å². The number of hydrogen-bond donors (Lipinski definition) is 4.